The van der Waals surface area contributed by atoms with Crippen molar-refractivity contribution in [3.05, 3.63) is 48.3 Å². The molecule has 3 heteroatoms. The maximum atomic E-state index is 6.38. The van der Waals surface area contributed by atoms with Crippen LogP contribution in [0.25, 0.3) is 5.69 Å². The van der Waals surface area contributed by atoms with Gasteiger partial charge in [0.2, 0.25) is 0 Å². The highest BCUT2D eigenvalue weighted by atomic mass is 15.3. The van der Waals surface area contributed by atoms with Crippen molar-refractivity contribution in [3.8, 4) is 5.69 Å². The molecular weight excluding hydrogens is 258 g/mol. The Labute approximate surface area is 128 Å². The molecule has 0 fully saturated rings. The summed E-state index contributed by atoms with van der Waals surface area (Å²) in [6.45, 7) is 4.51. The zero-order valence-corrected chi connectivity index (χ0v) is 13.2. The van der Waals surface area contributed by atoms with Gasteiger partial charge >= 0.3 is 0 Å². The lowest BCUT2D eigenvalue weighted by Crippen LogP contribution is -2.15. The SMILES string of the molecule is CCCCC(CC)CC(N)c1cnn(-c2ccccc2)c1. The van der Waals surface area contributed by atoms with E-state index in [-0.39, 0.29) is 6.04 Å². The molecule has 114 valence electrons. The van der Waals surface area contributed by atoms with Crippen LogP contribution in [0.5, 0.6) is 0 Å². The van der Waals surface area contributed by atoms with Crippen LogP contribution in [-0.2, 0) is 0 Å². The minimum absolute atomic E-state index is 0.0873. The minimum Gasteiger partial charge on any atom is -0.324 e. The summed E-state index contributed by atoms with van der Waals surface area (Å²) in [6.07, 6.45) is 10.1. The van der Waals surface area contributed by atoms with Crippen LogP contribution < -0.4 is 5.73 Å². The normalized spacial score (nSPS) is 14.0. The van der Waals surface area contributed by atoms with Crippen molar-refractivity contribution in [2.75, 3.05) is 0 Å². The van der Waals surface area contributed by atoms with Gasteiger partial charge in [0, 0.05) is 17.8 Å². The van der Waals surface area contributed by atoms with Gasteiger partial charge in [0.05, 0.1) is 11.9 Å². The lowest BCUT2D eigenvalue weighted by Gasteiger charge is -2.18. The molecule has 3 nitrogen and oxygen atoms in total. The fourth-order valence-corrected chi connectivity index (χ4v) is 2.73. The zero-order chi connectivity index (χ0) is 15.1. The fourth-order valence-electron chi connectivity index (χ4n) is 2.73. The lowest BCUT2D eigenvalue weighted by molar-refractivity contribution is 0.388. The van der Waals surface area contributed by atoms with Gasteiger partial charge in [0.25, 0.3) is 0 Å². The Morgan fingerprint density at radius 2 is 1.95 bits per heavy atom. The molecule has 2 atom stereocenters. The van der Waals surface area contributed by atoms with Crippen molar-refractivity contribution in [3.63, 3.8) is 0 Å². The molecule has 1 aromatic carbocycles. The fraction of sp³-hybridized carbons (Fsp3) is 0.500. The van der Waals surface area contributed by atoms with Gasteiger partial charge in [-0.25, -0.2) is 4.68 Å². The maximum absolute atomic E-state index is 6.38. The highest BCUT2D eigenvalue weighted by molar-refractivity contribution is 5.31. The zero-order valence-electron chi connectivity index (χ0n) is 13.2. The highest BCUT2D eigenvalue weighted by Gasteiger charge is 2.15. The molecule has 0 spiro atoms. The van der Waals surface area contributed by atoms with Crippen LogP contribution in [-0.4, -0.2) is 9.78 Å². The lowest BCUT2D eigenvalue weighted by atomic mass is 9.90. The number of rotatable bonds is 8. The van der Waals surface area contributed by atoms with Crippen molar-refractivity contribution in [2.24, 2.45) is 11.7 Å². The summed E-state index contributed by atoms with van der Waals surface area (Å²) in [4.78, 5) is 0. The number of benzene rings is 1. The second kappa shape index (κ2) is 7.99. The molecule has 2 aromatic rings. The second-order valence-electron chi connectivity index (χ2n) is 5.81. The van der Waals surface area contributed by atoms with E-state index in [0.717, 1.165) is 23.6 Å². The summed E-state index contributed by atoms with van der Waals surface area (Å²) >= 11 is 0. The van der Waals surface area contributed by atoms with Crippen LogP contribution in [0.3, 0.4) is 0 Å². The van der Waals surface area contributed by atoms with Crippen LogP contribution in [0, 0.1) is 5.92 Å². The third kappa shape index (κ3) is 4.43. The van der Waals surface area contributed by atoms with Crippen LogP contribution >= 0.6 is 0 Å². The molecule has 0 bridgehead atoms. The Hall–Kier alpha value is -1.61. The maximum Gasteiger partial charge on any atom is 0.0645 e. The van der Waals surface area contributed by atoms with E-state index < -0.39 is 0 Å². The molecule has 0 radical (unpaired) electrons. The summed E-state index contributed by atoms with van der Waals surface area (Å²) in [5, 5.41) is 4.44. The van der Waals surface area contributed by atoms with E-state index in [9.17, 15) is 0 Å². The topological polar surface area (TPSA) is 43.8 Å². The molecule has 0 amide bonds. The van der Waals surface area contributed by atoms with Gasteiger partial charge < -0.3 is 5.73 Å². The number of nitrogens with two attached hydrogens (primary N) is 1. The predicted molar refractivity (Wildman–Crippen MR) is 88.4 cm³/mol. The van der Waals surface area contributed by atoms with E-state index in [0.29, 0.717) is 0 Å². The molecule has 2 rings (SSSR count). The summed E-state index contributed by atoms with van der Waals surface area (Å²) in [6, 6.07) is 10.3. The Bertz CT molecular complexity index is 518. The summed E-state index contributed by atoms with van der Waals surface area (Å²) in [5.41, 5.74) is 8.59. The van der Waals surface area contributed by atoms with Gasteiger partial charge in [-0.3, -0.25) is 0 Å². The number of para-hydroxylation sites is 1. The number of hydrogen-bond donors (Lipinski definition) is 1. The van der Waals surface area contributed by atoms with E-state index in [2.05, 4.69) is 37.3 Å². The first-order chi connectivity index (χ1) is 10.2. The molecule has 2 unspecified atom stereocenters. The highest BCUT2D eigenvalue weighted by Crippen LogP contribution is 2.25. The van der Waals surface area contributed by atoms with E-state index in [1.165, 1.54) is 25.7 Å². The van der Waals surface area contributed by atoms with Gasteiger partial charge in [-0.2, -0.15) is 5.10 Å². The van der Waals surface area contributed by atoms with E-state index in [1.807, 2.05) is 29.1 Å². The molecule has 0 saturated carbocycles. The third-order valence-electron chi connectivity index (χ3n) is 4.18. The number of nitrogens with zero attached hydrogens (tertiary/aromatic N) is 2. The molecular formula is C18H27N3. The van der Waals surface area contributed by atoms with Gasteiger partial charge in [0.1, 0.15) is 0 Å². The molecule has 2 N–H and O–H groups in total. The molecule has 0 aliphatic rings. The first-order valence-electron chi connectivity index (χ1n) is 8.10. The third-order valence-corrected chi connectivity index (χ3v) is 4.18. The minimum atomic E-state index is 0.0873. The first kappa shape index (κ1) is 15.8. The van der Waals surface area contributed by atoms with Crippen LogP contribution in [0.1, 0.15) is 57.6 Å². The van der Waals surface area contributed by atoms with E-state index in [1.54, 1.807) is 0 Å². The average molecular weight is 285 g/mol. The average Bonchev–Trinajstić information content (AvgIpc) is 3.02. The van der Waals surface area contributed by atoms with E-state index >= 15 is 0 Å². The molecule has 1 aromatic heterocycles. The van der Waals surface area contributed by atoms with Crippen molar-refractivity contribution in [1.29, 1.82) is 0 Å². The van der Waals surface area contributed by atoms with Crippen molar-refractivity contribution >= 4 is 0 Å². The van der Waals surface area contributed by atoms with Crippen LogP contribution in [0.4, 0.5) is 0 Å². The Morgan fingerprint density at radius 3 is 2.62 bits per heavy atom. The monoisotopic (exact) mass is 285 g/mol. The number of aromatic nitrogens is 2. The largest absolute Gasteiger partial charge is 0.324 e. The molecule has 0 aliphatic carbocycles. The predicted octanol–water partition coefficient (Wildman–Crippen LogP) is 4.48. The molecule has 0 saturated heterocycles. The summed E-state index contributed by atoms with van der Waals surface area (Å²) in [5.74, 6) is 0.722. The van der Waals surface area contributed by atoms with Gasteiger partial charge in [-0.05, 0) is 24.5 Å². The van der Waals surface area contributed by atoms with Crippen molar-refractivity contribution in [1.82, 2.24) is 9.78 Å². The van der Waals surface area contributed by atoms with Gasteiger partial charge in [-0.15, -0.1) is 0 Å². The summed E-state index contributed by atoms with van der Waals surface area (Å²) < 4.78 is 1.90. The molecule has 21 heavy (non-hydrogen) atoms. The number of hydrogen-bond acceptors (Lipinski definition) is 2. The first-order valence-corrected chi connectivity index (χ1v) is 8.10. The summed E-state index contributed by atoms with van der Waals surface area (Å²) in [7, 11) is 0. The smallest absolute Gasteiger partial charge is 0.0645 e. The Kier molecular flexibility index (Phi) is 6.00. The molecule has 0 aliphatic heterocycles. The second-order valence-corrected chi connectivity index (χ2v) is 5.81. The van der Waals surface area contributed by atoms with Crippen LogP contribution in [0.15, 0.2) is 42.7 Å². The quantitative estimate of drug-likeness (QED) is 0.777. The van der Waals surface area contributed by atoms with Crippen molar-refractivity contribution in [2.45, 2.75) is 52.0 Å². The number of unbranched alkanes of at least 4 members (excludes halogenated alkanes) is 1. The van der Waals surface area contributed by atoms with E-state index in [4.69, 9.17) is 5.73 Å². The van der Waals surface area contributed by atoms with Crippen LogP contribution in [0.2, 0.25) is 0 Å². The Morgan fingerprint density at radius 1 is 1.19 bits per heavy atom. The standard InChI is InChI=1S/C18H27N3/c1-3-5-9-15(4-2)12-18(19)16-13-20-21(14-16)17-10-7-6-8-11-17/h6-8,10-11,13-15,18H,3-5,9,12,19H2,1-2H3. The molecule has 1 heterocycles. The van der Waals surface area contributed by atoms with Gasteiger partial charge in [-0.1, -0.05) is 57.7 Å². The Balaban J connectivity index is 2.00. The van der Waals surface area contributed by atoms with Crippen molar-refractivity contribution < 1.29 is 0 Å². The van der Waals surface area contributed by atoms with Gasteiger partial charge in [0.15, 0.2) is 0 Å².